The van der Waals surface area contributed by atoms with E-state index in [4.69, 9.17) is 14.5 Å². The molecule has 0 bridgehead atoms. The summed E-state index contributed by atoms with van der Waals surface area (Å²) in [6.45, 7) is 4.27. The average Bonchev–Trinajstić information content (AvgIpc) is 3.06. The number of anilines is 2. The predicted molar refractivity (Wildman–Crippen MR) is 170 cm³/mol. The van der Waals surface area contributed by atoms with Gasteiger partial charge >= 0.3 is 5.97 Å². The fraction of sp³-hybridized carbons (Fsp3) is 0.412. The lowest BCUT2D eigenvalue weighted by atomic mass is 10.1. The summed E-state index contributed by atoms with van der Waals surface area (Å²) in [5.41, 5.74) is 4.23. The SMILES string of the molecule is COCCN(CCCCc1ccc2c(n1)NCCC2)CCC(Nc1ncnc2ccccc12)C(=O)OCc1ccccc1. The van der Waals surface area contributed by atoms with Crippen LogP contribution in [0.25, 0.3) is 10.9 Å². The Balaban J connectivity index is 1.20. The number of ether oxygens (including phenoxy) is 2. The molecule has 3 heterocycles. The first-order chi connectivity index (χ1) is 21.2. The lowest BCUT2D eigenvalue weighted by Gasteiger charge is -2.25. The molecule has 0 amide bonds. The van der Waals surface area contributed by atoms with Gasteiger partial charge in [0.2, 0.25) is 0 Å². The number of esters is 1. The van der Waals surface area contributed by atoms with E-state index in [1.54, 1.807) is 7.11 Å². The van der Waals surface area contributed by atoms with Gasteiger partial charge in [-0.1, -0.05) is 48.5 Å². The smallest absolute Gasteiger partial charge is 0.328 e. The van der Waals surface area contributed by atoms with Gasteiger partial charge in [0.25, 0.3) is 0 Å². The van der Waals surface area contributed by atoms with Crippen LogP contribution < -0.4 is 10.6 Å². The van der Waals surface area contributed by atoms with E-state index >= 15 is 0 Å². The molecule has 0 fully saturated rings. The zero-order chi connectivity index (χ0) is 29.7. The Labute approximate surface area is 254 Å². The number of fused-ring (bicyclic) bond motifs is 2. The number of hydrogen-bond donors (Lipinski definition) is 2. The molecule has 4 aromatic rings. The number of methoxy groups -OCH3 is 1. The number of nitrogens with one attached hydrogen (secondary N) is 2. The largest absolute Gasteiger partial charge is 0.459 e. The highest BCUT2D eigenvalue weighted by atomic mass is 16.5. The molecule has 2 N–H and O–H groups in total. The summed E-state index contributed by atoms with van der Waals surface area (Å²) in [7, 11) is 1.72. The molecule has 226 valence electrons. The molecule has 1 aliphatic heterocycles. The maximum atomic E-state index is 13.4. The van der Waals surface area contributed by atoms with Gasteiger partial charge in [-0.15, -0.1) is 0 Å². The van der Waals surface area contributed by atoms with Gasteiger partial charge < -0.3 is 25.0 Å². The molecule has 2 aromatic heterocycles. The van der Waals surface area contributed by atoms with Crippen LogP contribution in [0.15, 0.2) is 73.1 Å². The van der Waals surface area contributed by atoms with Crippen LogP contribution in [0, 0.1) is 0 Å². The van der Waals surface area contributed by atoms with Crippen LogP contribution in [0.2, 0.25) is 0 Å². The highest BCUT2D eigenvalue weighted by Crippen LogP contribution is 2.22. The summed E-state index contributed by atoms with van der Waals surface area (Å²) < 4.78 is 11.2. The molecule has 43 heavy (non-hydrogen) atoms. The molecule has 0 radical (unpaired) electrons. The van der Waals surface area contributed by atoms with E-state index in [1.165, 1.54) is 18.3 Å². The molecule has 0 saturated heterocycles. The van der Waals surface area contributed by atoms with Crippen molar-refractivity contribution in [3.8, 4) is 0 Å². The number of aromatic nitrogens is 3. The van der Waals surface area contributed by atoms with Crippen molar-refractivity contribution in [1.82, 2.24) is 19.9 Å². The molecule has 5 rings (SSSR count). The lowest BCUT2D eigenvalue weighted by molar-refractivity contribution is -0.146. The second-order valence-corrected chi connectivity index (χ2v) is 11.0. The van der Waals surface area contributed by atoms with Crippen LogP contribution in [-0.4, -0.2) is 71.8 Å². The van der Waals surface area contributed by atoms with Crippen molar-refractivity contribution in [3.05, 3.63) is 89.9 Å². The predicted octanol–water partition coefficient (Wildman–Crippen LogP) is 5.27. The molecule has 9 nitrogen and oxygen atoms in total. The third-order valence-electron chi connectivity index (χ3n) is 7.82. The molecule has 0 saturated carbocycles. The third-order valence-corrected chi connectivity index (χ3v) is 7.82. The van der Waals surface area contributed by atoms with E-state index in [0.29, 0.717) is 25.4 Å². The van der Waals surface area contributed by atoms with E-state index in [0.717, 1.165) is 73.3 Å². The number of aryl methyl sites for hydroxylation is 2. The van der Waals surface area contributed by atoms with Crippen molar-refractivity contribution < 1.29 is 14.3 Å². The van der Waals surface area contributed by atoms with E-state index in [1.807, 2.05) is 54.6 Å². The van der Waals surface area contributed by atoms with Crippen LogP contribution in [0.1, 0.15) is 42.5 Å². The lowest BCUT2D eigenvalue weighted by Crippen LogP contribution is -2.38. The molecule has 2 aromatic carbocycles. The van der Waals surface area contributed by atoms with E-state index < -0.39 is 6.04 Å². The van der Waals surface area contributed by atoms with Gasteiger partial charge in [0, 0.05) is 37.8 Å². The number of benzene rings is 2. The van der Waals surface area contributed by atoms with Gasteiger partial charge in [0.15, 0.2) is 0 Å². The fourth-order valence-electron chi connectivity index (χ4n) is 5.38. The van der Waals surface area contributed by atoms with Gasteiger partial charge in [-0.25, -0.2) is 19.7 Å². The molecule has 9 heteroatoms. The number of pyridine rings is 1. The monoisotopic (exact) mass is 582 g/mol. The molecule has 1 atom stereocenters. The number of carbonyl (C=O) groups is 1. The van der Waals surface area contributed by atoms with Gasteiger partial charge in [-0.05, 0) is 74.4 Å². The summed E-state index contributed by atoms with van der Waals surface area (Å²) in [6, 6.07) is 21.4. The quantitative estimate of drug-likeness (QED) is 0.135. The first kappa shape index (κ1) is 30.4. The number of carbonyl (C=O) groups excluding carboxylic acids is 1. The van der Waals surface area contributed by atoms with Crippen LogP contribution in [0.5, 0.6) is 0 Å². The average molecular weight is 583 g/mol. The molecule has 0 aliphatic carbocycles. The molecule has 0 spiro atoms. The van der Waals surface area contributed by atoms with E-state index in [2.05, 4.69) is 37.6 Å². The maximum absolute atomic E-state index is 13.4. The Bertz CT molecular complexity index is 1450. The van der Waals surface area contributed by atoms with Crippen LogP contribution in [-0.2, 0) is 33.7 Å². The second-order valence-electron chi connectivity index (χ2n) is 11.0. The highest BCUT2D eigenvalue weighted by Gasteiger charge is 2.23. The topological polar surface area (TPSA) is 102 Å². The van der Waals surface area contributed by atoms with E-state index in [9.17, 15) is 4.79 Å². The molecular weight excluding hydrogens is 540 g/mol. The zero-order valence-corrected chi connectivity index (χ0v) is 25.0. The van der Waals surface area contributed by atoms with Gasteiger partial charge in [-0.2, -0.15) is 0 Å². The van der Waals surface area contributed by atoms with Gasteiger partial charge in [0.1, 0.15) is 30.6 Å². The maximum Gasteiger partial charge on any atom is 0.328 e. The Morgan fingerprint density at radius 1 is 1.00 bits per heavy atom. The number of rotatable bonds is 16. The minimum Gasteiger partial charge on any atom is -0.459 e. The Hall–Kier alpha value is -4.08. The van der Waals surface area contributed by atoms with Crippen LogP contribution in [0.4, 0.5) is 11.6 Å². The van der Waals surface area contributed by atoms with Crippen LogP contribution >= 0.6 is 0 Å². The Morgan fingerprint density at radius 2 is 1.86 bits per heavy atom. The first-order valence-electron chi connectivity index (χ1n) is 15.3. The number of unbranched alkanes of at least 4 members (excludes halogenated alkanes) is 1. The van der Waals surface area contributed by atoms with Crippen LogP contribution in [0.3, 0.4) is 0 Å². The van der Waals surface area contributed by atoms with Gasteiger partial charge in [0.05, 0.1) is 12.1 Å². The van der Waals surface area contributed by atoms with E-state index in [-0.39, 0.29) is 12.6 Å². The zero-order valence-electron chi connectivity index (χ0n) is 25.0. The summed E-state index contributed by atoms with van der Waals surface area (Å²) in [5.74, 6) is 1.38. The summed E-state index contributed by atoms with van der Waals surface area (Å²) in [5, 5.41) is 7.69. The van der Waals surface area contributed by atoms with Crippen molar-refractivity contribution >= 4 is 28.5 Å². The van der Waals surface area contributed by atoms with Crippen molar-refractivity contribution in [2.24, 2.45) is 0 Å². The van der Waals surface area contributed by atoms with Gasteiger partial charge in [-0.3, -0.25) is 0 Å². The minimum absolute atomic E-state index is 0.224. The summed E-state index contributed by atoms with van der Waals surface area (Å²) in [4.78, 5) is 29.5. The molecule has 1 aliphatic rings. The molecular formula is C34H42N6O3. The van der Waals surface area contributed by atoms with Crippen molar-refractivity contribution in [3.63, 3.8) is 0 Å². The normalized spacial score (nSPS) is 13.3. The van der Waals surface area contributed by atoms with Crippen molar-refractivity contribution in [2.45, 2.75) is 51.2 Å². The number of hydrogen-bond acceptors (Lipinski definition) is 9. The molecule has 1 unspecified atom stereocenters. The standard InChI is InChI=1S/C34H42N6O3/c1-42-23-22-40(20-8-7-13-28-17-16-27-12-9-19-35-32(27)38-28)21-18-31(34(41)43-24-26-10-3-2-4-11-26)39-33-29-14-5-6-15-30(29)36-25-37-33/h2-6,10-11,14-17,25,31H,7-9,12-13,18-24H2,1H3,(H,35,38)(H,36,37,39). The highest BCUT2D eigenvalue weighted by molar-refractivity contribution is 5.90. The number of para-hydroxylation sites is 1. The van der Waals surface area contributed by atoms with Crippen molar-refractivity contribution in [2.75, 3.05) is 50.5 Å². The second kappa shape index (κ2) is 16.0. The van der Waals surface area contributed by atoms with Crippen molar-refractivity contribution in [1.29, 1.82) is 0 Å². The Morgan fingerprint density at radius 3 is 2.74 bits per heavy atom. The minimum atomic E-state index is -0.570. The fourth-order valence-corrected chi connectivity index (χ4v) is 5.38. The number of nitrogens with zero attached hydrogens (tertiary/aromatic N) is 4. The Kier molecular flexibility index (Phi) is 11.3. The summed E-state index contributed by atoms with van der Waals surface area (Å²) >= 11 is 0. The third kappa shape index (κ3) is 8.95. The first-order valence-corrected chi connectivity index (χ1v) is 15.3. The summed E-state index contributed by atoms with van der Waals surface area (Å²) in [6.07, 6.45) is 7.38.